The average Bonchev–Trinajstić information content (AvgIpc) is 3.15. The molecular weight excluding hydrogens is 411 g/mol. The number of nitrogens with zero attached hydrogens (tertiary/aromatic N) is 1. The highest BCUT2D eigenvalue weighted by molar-refractivity contribution is 8.00. The zero-order valence-electron chi connectivity index (χ0n) is 17.3. The van der Waals surface area contributed by atoms with Crippen LogP contribution in [-0.2, 0) is 4.79 Å². The number of carbonyl (C=O) groups excluding carboxylic acids is 2. The Morgan fingerprint density at radius 1 is 1.06 bits per heavy atom. The van der Waals surface area contributed by atoms with Crippen molar-refractivity contribution in [1.82, 2.24) is 0 Å². The van der Waals surface area contributed by atoms with Crippen molar-refractivity contribution in [1.29, 1.82) is 0 Å². The molecule has 1 aliphatic heterocycles. The Labute approximate surface area is 185 Å². The second-order valence-corrected chi connectivity index (χ2v) is 8.83. The van der Waals surface area contributed by atoms with E-state index in [-0.39, 0.29) is 22.8 Å². The molecule has 1 aliphatic rings. The second kappa shape index (κ2) is 8.94. The molecule has 3 aromatic carbocycles. The van der Waals surface area contributed by atoms with Gasteiger partial charge in [0, 0.05) is 16.9 Å². The molecule has 0 unspecified atom stereocenters. The number of carbonyl (C=O) groups is 2. The summed E-state index contributed by atoms with van der Waals surface area (Å²) in [5, 5.41) is 2.66. The summed E-state index contributed by atoms with van der Waals surface area (Å²) in [6.07, 6.45) is 0. The van der Waals surface area contributed by atoms with E-state index in [0.29, 0.717) is 17.4 Å². The van der Waals surface area contributed by atoms with Crippen LogP contribution >= 0.6 is 11.8 Å². The van der Waals surface area contributed by atoms with E-state index in [0.717, 1.165) is 11.3 Å². The predicted molar refractivity (Wildman–Crippen MR) is 124 cm³/mol. The van der Waals surface area contributed by atoms with Gasteiger partial charge in [-0.3, -0.25) is 14.5 Å². The summed E-state index contributed by atoms with van der Waals surface area (Å²) < 4.78 is 13.3. The van der Waals surface area contributed by atoms with Crippen molar-refractivity contribution in [2.45, 2.75) is 25.1 Å². The molecule has 158 valence electrons. The molecule has 3 aromatic rings. The largest absolute Gasteiger partial charge is 0.322 e. The lowest BCUT2D eigenvalue weighted by Crippen LogP contribution is -2.27. The molecule has 31 heavy (non-hydrogen) atoms. The smallest absolute Gasteiger partial charge is 0.255 e. The fourth-order valence-electron chi connectivity index (χ4n) is 3.53. The third-order valence-electron chi connectivity index (χ3n) is 5.25. The van der Waals surface area contributed by atoms with Crippen LogP contribution in [0, 0.1) is 5.82 Å². The number of anilines is 2. The monoisotopic (exact) mass is 434 g/mol. The van der Waals surface area contributed by atoms with E-state index >= 15 is 0 Å². The summed E-state index contributed by atoms with van der Waals surface area (Å²) in [7, 11) is 0. The van der Waals surface area contributed by atoms with Crippen LogP contribution in [-0.4, -0.2) is 17.6 Å². The quantitative estimate of drug-likeness (QED) is 0.537. The number of rotatable bonds is 5. The number of amides is 2. The van der Waals surface area contributed by atoms with Crippen LogP contribution in [0.25, 0.3) is 0 Å². The van der Waals surface area contributed by atoms with E-state index in [2.05, 4.69) is 31.3 Å². The number of hydrogen-bond donors (Lipinski definition) is 1. The molecule has 0 saturated carbocycles. The SMILES string of the molecule is CC(C)c1ccc(N2C(=O)CS[C@H]2c2ccc(NC(=O)c3cccc(F)c3)cc2)cc1. The van der Waals surface area contributed by atoms with E-state index in [9.17, 15) is 14.0 Å². The van der Waals surface area contributed by atoms with E-state index < -0.39 is 5.82 Å². The Hall–Kier alpha value is -3.12. The van der Waals surface area contributed by atoms with Crippen molar-refractivity contribution in [3.8, 4) is 0 Å². The first-order chi connectivity index (χ1) is 14.9. The molecule has 6 heteroatoms. The third kappa shape index (κ3) is 4.64. The highest BCUT2D eigenvalue weighted by Gasteiger charge is 2.34. The number of thioether (sulfide) groups is 1. The predicted octanol–water partition coefficient (Wildman–Crippen LogP) is 5.98. The molecule has 1 heterocycles. The Kier molecular flexibility index (Phi) is 6.09. The zero-order chi connectivity index (χ0) is 22.0. The van der Waals surface area contributed by atoms with Gasteiger partial charge in [0.2, 0.25) is 5.91 Å². The third-order valence-corrected chi connectivity index (χ3v) is 6.46. The van der Waals surface area contributed by atoms with Crippen LogP contribution in [0.4, 0.5) is 15.8 Å². The molecule has 1 fully saturated rings. The Bertz CT molecular complexity index is 1100. The maximum Gasteiger partial charge on any atom is 0.255 e. The van der Waals surface area contributed by atoms with Crippen molar-refractivity contribution in [3.63, 3.8) is 0 Å². The van der Waals surface area contributed by atoms with Crippen molar-refractivity contribution < 1.29 is 14.0 Å². The van der Waals surface area contributed by atoms with Gasteiger partial charge in [0.15, 0.2) is 0 Å². The van der Waals surface area contributed by atoms with Crippen LogP contribution in [0.1, 0.15) is 46.6 Å². The molecule has 0 aliphatic carbocycles. The van der Waals surface area contributed by atoms with Gasteiger partial charge in [-0.15, -0.1) is 11.8 Å². The molecule has 1 N–H and O–H groups in total. The van der Waals surface area contributed by atoms with Crippen LogP contribution in [0.15, 0.2) is 72.8 Å². The maximum absolute atomic E-state index is 13.3. The summed E-state index contributed by atoms with van der Waals surface area (Å²) in [5.74, 6) is 0.116. The first kappa shape index (κ1) is 21.1. The van der Waals surface area contributed by atoms with Gasteiger partial charge >= 0.3 is 0 Å². The Morgan fingerprint density at radius 3 is 2.42 bits per heavy atom. The van der Waals surface area contributed by atoms with Crippen LogP contribution in [0.3, 0.4) is 0 Å². The fourth-order valence-corrected chi connectivity index (χ4v) is 4.71. The molecule has 0 bridgehead atoms. The molecular formula is C25H23FN2O2S. The van der Waals surface area contributed by atoms with Gasteiger partial charge in [-0.05, 0) is 59.5 Å². The summed E-state index contributed by atoms with van der Waals surface area (Å²) >= 11 is 1.58. The summed E-state index contributed by atoms with van der Waals surface area (Å²) in [4.78, 5) is 26.7. The van der Waals surface area contributed by atoms with E-state index in [4.69, 9.17) is 0 Å². The first-order valence-electron chi connectivity index (χ1n) is 10.1. The molecule has 2 amide bonds. The van der Waals surface area contributed by atoms with Crippen molar-refractivity contribution in [2.75, 3.05) is 16.0 Å². The number of nitrogens with one attached hydrogen (secondary N) is 1. The molecule has 0 radical (unpaired) electrons. The van der Waals surface area contributed by atoms with Crippen LogP contribution in [0.2, 0.25) is 0 Å². The van der Waals surface area contributed by atoms with Crippen LogP contribution in [0.5, 0.6) is 0 Å². The standard InChI is InChI=1S/C25H23FN2O2S/c1-16(2)17-8-12-22(13-9-17)28-23(29)15-31-25(28)18-6-10-21(11-7-18)27-24(30)19-4-3-5-20(26)14-19/h3-14,16,25H,15H2,1-2H3,(H,27,30)/t25-/m0/s1. The lowest BCUT2D eigenvalue weighted by molar-refractivity contribution is -0.115. The normalized spacial score (nSPS) is 16.1. The molecule has 0 aromatic heterocycles. The Morgan fingerprint density at radius 2 is 1.77 bits per heavy atom. The number of hydrogen-bond acceptors (Lipinski definition) is 3. The minimum atomic E-state index is -0.451. The molecule has 0 spiro atoms. The topological polar surface area (TPSA) is 49.4 Å². The van der Waals surface area contributed by atoms with E-state index in [1.807, 2.05) is 29.2 Å². The summed E-state index contributed by atoms with van der Waals surface area (Å²) in [5.41, 5.74) is 3.97. The Balaban J connectivity index is 1.51. The highest BCUT2D eigenvalue weighted by atomic mass is 32.2. The van der Waals surface area contributed by atoms with Crippen LogP contribution < -0.4 is 10.2 Å². The minimum Gasteiger partial charge on any atom is -0.322 e. The first-order valence-corrected chi connectivity index (χ1v) is 11.2. The molecule has 4 nitrogen and oxygen atoms in total. The van der Waals surface area contributed by atoms with Crippen molar-refractivity contribution in [3.05, 3.63) is 95.3 Å². The van der Waals surface area contributed by atoms with Gasteiger partial charge < -0.3 is 5.32 Å². The van der Waals surface area contributed by atoms with E-state index in [1.165, 1.54) is 23.8 Å². The van der Waals surface area contributed by atoms with Gasteiger partial charge in [-0.1, -0.05) is 44.2 Å². The maximum atomic E-state index is 13.3. The highest BCUT2D eigenvalue weighted by Crippen LogP contribution is 2.42. The van der Waals surface area contributed by atoms with Gasteiger partial charge in [0.25, 0.3) is 5.91 Å². The zero-order valence-corrected chi connectivity index (χ0v) is 18.2. The summed E-state index contributed by atoms with van der Waals surface area (Å²) in [6.45, 7) is 4.28. The fraction of sp³-hybridized carbons (Fsp3) is 0.200. The average molecular weight is 435 g/mol. The van der Waals surface area contributed by atoms with Gasteiger partial charge in [0.05, 0.1) is 5.75 Å². The molecule has 1 saturated heterocycles. The van der Waals surface area contributed by atoms with Crippen molar-refractivity contribution in [2.24, 2.45) is 0 Å². The van der Waals surface area contributed by atoms with Crippen molar-refractivity contribution >= 4 is 35.0 Å². The number of halogens is 1. The minimum absolute atomic E-state index is 0.0794. The molecule has 1 atom stereocenters. The lowest BCUT2D eigenvalue weighted by Gasteiger charge is -2.25. The molecule has 4 rings (SSSR count). The summed E-state index contributed by atoms with van der Waals surface area (Å²) in [6, 6.07) is 21.1. The van der Waals surface area contributed by atoms with Gasteiger partial charge in [0.1, 0.15) is 11.2 Å². The van der Waals surface area contributed by atoms with E-state index in [1.54, 1.807) is 30.0 Å². The second-order valence-electron chi connectivity index (χ2n) is 7.76. The van der Waals surface area contributed by atoms with Gasteiger partial charge in [-0.25, -0.2) is 4.39 Å². The number of benzene rings is 3. The lowest BCUT2D eigenvalue weighted by atomic mass is 10.0. The van der Waals surface area contributed by atoms with Gasteiger partial charge in [-0.2, -0.15) is 0 Å².